The second kappa shape index (κ2) is 8.72. The summed E-state index contributed by atoms with van der Waals surface area (Å²) in [5.41, 5.74) is 9.99. The highest BCUT2D eigenvalue weighted by Gasteiger charge is 2.21. The molecule has 0 aliphatic carbocycles. The summed E-state index contributed by atoms with van der Waals surface area (Å²) in [5.74, 6) is -2.57. The second-order valence-corrected chi connectivity index (χ2v) is 4.43. The fourth-order valence-corrected chi connectivity index (χ4v) is 1.66. The molecule has 0 unspecified atom stereocenters. The summed E-state index contributed by atoms with van der Waals surface area (Å²) in [7, 11) is 0. The van der Waals surface area contributed by atoms with Crippen LogP contribution in [0.2, 0.25) is 0 Å². The highest BCUT2D eigenvalue weighted by atomic mass is 32.2. The molecular formula is C9H17N3O5S. The van der Waals surface area contributed by atoms with E-state index in [9.17, 15) is 14.4 Å². The summed E-state index contributed by atoms with van der Waals surface area (Å²) in [6, 6.07) is -1.81. The molecule has 0 heterocycles. The van der Waals surface area contributed by atoms with Crippen LogP contribution in [0.15, 0.2) is 0 Å². The van der Waals surface area contributed by atoms with Gasteiger partial charge in [-0.25, -0.2) is 10.9 Å². The Kier molecular flexibility index (Phi) is 8.08. The lowest BCUT2D eigenvalue weighted by molar-refractivity contribution is -0.140. The van der Waals surface area contributed by atoms with E-state index in [0.717, 1.165) is 0 Å². The van der Waals surface area contributed by atoms with Gasteiger partial charge >= 0.3 is 11.9 Å². The maximum absolute atomic E-state index is 11.0. The first kappa shape index (κ1) is 16.7. The molecule has 0 aromatic heterocycles. The van der Waals surface area contributed by atoms with Crippen LogP contribution in [-0.4, -0.2) is 52.2 Å². The first-order valence-electron chi connectivity index (χ1n) is 5.12. The van der Waals surface area contributed by atoms with Crippen LogP contribution >= 0.6 is 11.8 Å². The van der Waals surface area contributed by atoms with Crippen LogP contribution in [0.5, 0.6) is 0 Å². The van der Waals surface area contributed by atoms with Gasteiger partial charge < -0.3 is 15.9 Å². The number of amides is 1. The van der Waals surface area contributed by atoms with Gasteiger partial charge in [0, 0.05) is 12.2 Å². The minimum atomic E-state index is -1.07. The lowest BCUT2D eigenvalue weighted by Gasteiger charge is -2.19. The number of nitrogens with two attached hydrogens (primary N) is 1. The normalized spacial score (nSPS) is 13.8. The van der Waals surface area contributed by atoms with Crippen LogP contribution < -0.4 is 16.6 Å². The Hall–Kier alpha value is -1.32. The van der Waals surface area contributed by atoms with Crippen LogP contribution in [0.1, 0.15) is 12.8 Å². The highest BCUT2D eigenvalue weighted by molar-refractivity contribution is 7.98. The fourth-order valence-electron chi connectivity index (χ4n) is 1.10. The van der Waals surface area contributed by atoms with Crippen molar-refractivity contribution in [1.82, 2.24) is 10.9 Å². The Morgan fingerprint density at radius 1 is 1.22 bits per heavy atom. The third-order valence-electron chi connectivity index (χ3n) is 2.05. The standard InChI is InChI=1S/C9H17N3O5S/c1-18-4-6(9(16)17)12-11-5(8(10)15)2-3-7(13)14/h5-6,11-12H,2-4H2,1H3,(H2,10,15)(H,13,14)(H,16,17)/t5-,6-/m0/s1. The molecule has 0 aliphatic rings. The van der Waals surface area contributed by atoms with Gasteiger partial charge in [-0.1, -0.05) is 0 Å². The topological polar surface area (TPSA) is 142 Å². The molecule has 0 fully saturated rings. The average Bonchev–Trinajstić information content (AvgIpc) is 2.26. The number of hydrogen-bond donors (Lipinski definition) is 5. The van der Waals surface area contributed by atoms with Gasteiger partial charge in [-0.15, -0.1) is 0 Å². The third kappa shape index (κ3) is 7.09. The monoisotopic (exact) mass is 279 g/mol. The number of aliphatic carboxylic acids is 2. The van der Waals surface area contributed by atoms with Crippen molar-refractivity contribution in [3.8, 4) is 0 Å². The zero-order valence-corrected chi connectivity index (χ0v) is 10.7. The predicted molar refractivity (Wildman–Crippen MR) is 65.9 cm³/mol. The quantitative estimate of drug-likeness (QED) is 0.308. The maximum atomic E-state index is 11.0. The van der Waals surface area contributed by atoms with Gasteiger partial charge in [0.25, 0.3) is 0 Å². The van der Waals surface area contributed by atoms with Gasteiger partial charge in [0.05, 0.1) is 0 Å². The summed E-state index contributed by atoms with van der Waals surface area (Å²) in [4.78, 5) is 32.2. The van der Waals surface area contributed by atoms with Crippen LogP contribution in [0.3, 0.4) is 0 Å². The molecule has 6 N–H and O–H groups in total. The maximum Gasteiger partial charge on any atom is 0.322 e. The summed E-state index contributed by atoms with van der Waals surface area (Å²) in [5, 5.41) is 17.3. The number of nitrogens with one attached hydrogen (secondary N) is 2. The van der Waals surface area contributed by atoms with Crippen LogP contribution in [0.4, 0.5) is 0 Å². The van der Waals surface area contributed by atoms with Crippen molar-refractivity contribution < 1.29 is 24.6 Å². The lowest BCUT2D eigenvalue weighted by Crippen LogP contribution is -2.54. The minimum Gasteiger partial charge on any atom is -0.481 e. The van der Waals surface area contributed by atoms with Crippen molar-refractivity contribution in [3.63, 3.8) is 0 Å². The molecule has 0 radical (unpaired) electrons. The first-order valence-corrected chi connectivity index (χ1v) is 6.51. The molecule has 0 aromatic rings. The minimum absolute atomic E-state index is 0.0106. The molecule has 104 valence electrons. The molecule has 0 spiro atoms. The van der Waals surface area contributed by atoms with Gasteiger partial charge in [0.2, 0.25) is 5.91 Å². The van der Waals surface area contributed by atoms with E-state index in [2.05, 4.69) is 10.9 Å². The molecule has 1 amide bonds. The number of hydrazine groups is 1. The number of carbonyl (C=O) groups excluding carboxylic acids is 1. The zero-order valence-electron chi connectivity index (χ0n) is 9.88. The molecule has 0 aliphatic heterocycles. The summed E-state index contributed by atoms with van der Waals surface area (Å²) < 4.78 is 0. The van der Waals surface area contributed by atoms with E-state index in [0.29, 0.717) is 5.75 Å². The smallest absolute Gasteiger partial charge is 0.322 e. The van der Waals surface area contributed by atoms with Gasteiger partial charge in [-0.3, -0.25) is 14.4 Å². The van der Waals surface area contributed by atoms with E-state index < -0.39 is 29.9 Å². The second-order valence-electron chi connectivity index (χ2n) is 3.52. The first-order chi connectivity index (χ1) is 8.38. The van der Waals surface area contributed by atoms with Gasteiger partial charge in [-0.2, -0.15) is 11.8 Å². The Balaban J connectivity index is 4.27. The number of carboxylic acid groups (broad SMARTS) is 2. The number of hydrogen-bond acceptors (Lipinski definition) is 6. The van der Waals surface area contributed by atoms with Gasteiger partial charge in [0.1, 0.15) is 12.1 Å². The van der Waals surface area contributed by atoms with Crippen LogP contribution in [-0.2, 0) is 14.4 Å². The van der Waals surface area contributed by atoms with Crippen molar-refractivity contribution in [3.05, 3.63) is 0 Å². The molecule has 18 heavy (non-hydrogen) atoms. The molecule has 0 aromatic carbocycles. The van der Waals surface area contributed by atoms with E-state index in [-0.39, 0.29) is 12.8 Å². The van der Waals surface area contributed by atoms with E-state index in [1.807, 2.05) is 0 Å². The summed E-state index contributed by atoms with van der Waals surface area (Å²) in [6.07, 6.45) is 1.50. The SMILES string of the molecule is CSC[C@H](NN[C@@H](CCC(=O)O)C(N)=O)C(=O)O. The van der Waals surface area contributed by atoms with Crippen molar-refractivity contribution in [1.29, 1.82) is 0 Å². The van der Waals surface area contributed by atoms with Crippen molar-refractivity contribution >= 4 is 29.6 Å². The lowest BCUT2D eigenvalue weighted by atomic mass is 10.1. The summed E-state index contributed by atoms with van der Waals surface area (Å²) >= 11 is 1.32. The molecule has 8 nitrogen and oxygen atoms in total. The average molecular weight is 279 g/mol. The number of carboxylic acids is 2. The summed E-state index contributed by atoms with van der Waals surface area (Å²) in [6.45, 7) is 0. The van der Waals surface area contributed by atoms with Crippen molar-refractivity contribution in [2.75, 3.05) is 12.0 Å². The molecule has 0 bridgehead atoms. The number of thioether (sulfide) groups is 1. The van der Waals surface area contributed by atoms with Gasteiger partial charge in [0.15, 0.2) is 0 Å². The van der Waals surface area contributed by atoms with Crippen LogP contribution in [0, 0.1) is 0 Å². The Bertz CT molecular complexity index is 313. The predicted octanol–water partition coefficient (Wildman–Crippen LogP) is -1.38. The van der Waals surface area contributed by atoms with Gasteiger partial charge in [-0.05, 0) is 12.7 Å². The molecule has 2 atom stereocenters. The number of primary amides is 1. The largest absolute Gasteiger partial charge is 0.481 e. The number of carbonyl (C=O) groups is 3. The van der Waals surface area contributed by atoms with Crippen molar-refractivity contribution in [2.24, 2.45) is 5.73 Å². The van der Waals surface area contributed by atoms with Crippen molar-refractivity contribution in [2.45, 2.75) is 24.9 Å². The Labute approximate surface area is 108 Å². The van der Waals surface area contributed by atoms with E-state index in [1.165, 1.54) is 11.8 Å². The third-order valence-corrected chi connectivity index (χ3v) is 2.72. The Morgan fingerprint density at radius 3 is 2.17 bits per heavy atom. The zero-order chi connectivity index (χ0) is 14.1. The highest BCUT2D eigenvalue weighted by Crippen LogP contribution is 1.99. The molecule has 9 heteroatoms. The Morgan fingerprint density at radius 2 is 1.78 bits per heavy atom. The number of rotatable bonds is 10. The molecular weight excluding hydrogens is 262 g/mol. The van der Waals surface area contributed by atoms with E-state index in [1.54, 1.807) is 6.26 Å². The van der Waals surface area contributed by atoms with Crippen LogP contribution in [0.25, 0.3) is 0 Å². The molecule has 0 saturated carbocycles. The van der Waals surface area contributed by atoms with E-state index >= 15 is 0 Å². The molecule has 0 rings (SSSR count). The fraction of sp³-hybridized carbons (Fsp3) is 0.667. The van der Waals surface area contributed by atoms with E-state index in [4.69, 9.17) is 15.9 Å². The molecule has 0 saturated heterocycles.